The molecule has 1 unspecified atom stereocenters. The van der Waals surface area contributed by atoms with Gasteiger partial charge in [-0.15, -0.1) is 16.4 Å². The van der Waals surface area contributed by atoms with Crippen molar-refractivity contribution in [1.82, 2.24) is 30.4 Å². The Kier molecular flexibility index (Phi) is 8.13. The highest BCUT2D eigenvalue weighted by Gasteiger charge is 2.23. The number of methoxy groups -OCH3 is 1. The molecule has 32 heavy (non-hydrogen) atoms. The highest BCUT2D eigenvalue weighted by molar-refractivity contribution is 7.99. The maximum atomic E-state index is 12.6. The van der Waals surface area contributed by atoms with Gasteiger partial charge >= 0.3 is 0 Å². The number of aromatic nitrogens is 4. The first-order valence-corrected chi connectivity index (χ1v) is 12.7. The summed E-state index contributed by atoms with van der Waals surface area (Å²) >= 11 is 3.02. The largest absolute Gasteiger partial charge is 0.497 e. The number of hydrogen-bond acceptors (Lipinski definition) is 8. The van der Waals surface area contributed by atoms with Crippen molar-refractivity contribution in [2.75, 3.05) is 32.5 Å². The van der Waals surface area contributed by atoms with Crippen molar-refractivity contribution < 1.29 is 9.53 Å². The maximum absolute atomic E-state index is 12.6. The summed E-state index contributed by atoms with van der Waals surface area (Å²) in [6.45, 7) is 3.30. The second-order valence-electron chi connectivity index (χ2n) is 7.68. The van der Waals surface area contributed by atoms with E-state index in [0.29, 0.717) is 18.2 Å². The Morgan fingerprint density at radius 2 is 2.03 bits per heavy atom. The molecule has 3 heterocycles. The Labute approximate surface area is 196 Å². The Morgan fingerprint density at radius 1 is 1.22 bits per heavy atom. The minimum atomic E-state index is -0.0174. The summed E-state index contributed by atoms with van der Waals surface area (Å²) < 4.78 is 7.03. The first kappa shape index (κ1) is 22.8. The van der Waals surface area contributed by atoms with Crippen LogP contribution in [-0.4, -0.2) is 63.5 Å². The molecule has 1 atom stereocenters. The molecule has 3 aromatic rings. The zero-order valence-electron chi connectivity index (χ0n) is 18.1. The fourth-order valence-electron chi connectivity index (χ4n) is 3.85. The van der Waals surface area contributed by atoms with Gasteiger partial charge in [-0.3, -0.25) is 9.69 Å². The number of rotatable bonds is 10. The zero-order chi connectivity index (χ0) is 22.2. The number of hydrogen-bond donors (Lipinski definition) is 1. The molecule has 0 aliphatic carbocycles. The smallest absolute Gasteiger partial charge is 0.230 e. The quantitative estimate of drug-likeness (QED) is 0.454. The van der Waals surface area contributed by atoms with Gasteiger partial charge in [0.1, 0.15) is 5.75 Å². The summed E-state index contributed by atoms with van der Waals surface area (Å²) in [7, 11) is 1.67. The summed E-state index contributed by atoms with van der Waals surface area (Å²) in [5, 5.41) is 17.7. The first-order valence-electron chi connectivity index (χ1n) is 10.8. The van der Waals surface area contributed by atoms with E-state index in [2.05, 4.69) is 37.9 Å². The molecule has 1 aliphatic rings. The third-order valence-corrected chi connectivity index (χ3v) is 7.36. The van der Waals surface area contributed by atoms with Crippen LogP contribution in [0.5, 0.6) is 5.75 Å². The highest BCUT2D eigenvalue weighted by atomic mass is 32.2. The number of amides is 1. The molecule has 1 saturated heterocycles. The number of ether oxygens (including phenoxy) is 1. The van der Waals surface area contributed by atoms with Gasteiger partial charge in [-0.05, 0) is 65.5 Å². The molecule has 4 rings (SSSR count). The molecule has 0 spiro atoms. The third-order valence-electron chi connectivity index (χ3n) is 5.54. The van der Waals surface area contributed by atoms with Gasteiger partial charge in [0.25, 0.3) is 0 Å². The van der Waals surface area contributed by atoms with Crippen molar-refractivity contribution in [2.45, 2.75) is 37.0 Å². The molecule has 0 saturated carbocycles. The molecule has 0 radical (unpaired) electrons. The molecular weight excluding hydrogens is 444 g/mol. The van der Waals surface area contributed by atoms with Crippen LogP contribution in [0.4, 0.5) is 0 Å². The molecular formula is C22H28N6O2S2. The van der Waals surface area contributed by atoms with Gasteiger partial charge in [0, 0.05) is 11.4 Å². The number of carbonyl (C=O) groups excluding carboxylic acids is 1. The van der Waals surface area contributed by atoms with Crippen molar-refractivity contribution in [1.29, 1.82) is 0 Å². The molecule has 170 valence electrons. The Balaban J connectivity index is 1.33. The molecule has 10 heteroatoms. The number of tetrazole rings is 1. The number of piperidine rings is 1. The molecule has 8 nitrogen and oxygen atoms in total. The summed E-state index contributed by atoms with van der Waals surface area (Å²) in [4.78, 5) is 16.3. The summed E-state index contributed by atoms with van der Waals surface area (Å²) in [5.74, 6) is 1.10. The predicted octanol–water partition coefficient (Wildman–Crippen LogP) is 3.23. The second-order valence-corrected chi connectivity index (χ2v) is 9.65. The van der Waals surface area contributed by atoms with Gasteiger partial charge in [0.05, 0.1) is 25.4 Å². The van der Waals surface area contributed by atoms with Gasteiger partial charge in [-0.25, -0.2) is 4.68 Å². The van der Waals surface area contributed by atoms with Crippen LogP contribution in [0.3, 0.4) is 0 Å². The molecule has 1 fully saturated rings. The van der Waals surface area contributed by atoms with E-state index in [4.69, 9.17) is 4.74 Å². The lowest BCUT2D eigenvalue weighted by Gasteiger charge is -2.35. The molecule has 1 aromatic carbocycles. The van der Waals surface area contributed by atoms with Crippen LogP contribution in [0.15, 0.2) is 46.9 Å². The van der Waals surface area contributed by atoms with Crippen LogP contribution in [-0.2, 0) is 11.3 Å². The minimum Gasteiger partial charge on any atom is -0.497 e. The zero-order valence-corrected chi connectivity index (χ0v) is 19.8. The van der Waals surface area contributed by atoms with Crippen LogP contribution < -0.4 is 10.1 Å². The lowest BCUT2D eigenvalue weighted by atomic mass is 10.0. The molecule has 2 aromatic heterocycles. The van der Waals surface area contributed by atoms with Crippen molar-refractivity contribution in [3.05, 3.63) is 52.2 Å². The average Bonchev–Trinajstić information content (AvgIpc) is 3.51. The maximum Gasteiger partial charge on any atom is 0.230 e. The van der Waals surface area contributed by atoms with Crippen molar-refractivity contribution >= 4 is 29.0 Å². The lowest BCUT2D eigenvalue weighted by Crippen LogP contribution is -2.41. The van der Waals surface area contributed by atoms with Crippen LogP contribution >= 0.6 is 23.1 Å². The van der Waals surface area contributed by atoms with E-state index in [1.54, 1.807) is 23.1 Å². The van der Waals surface area contributed by atoms with Crippen LogP contribution in [0.2, 0.25) is 0 Å². The number of nitrogens with one attached hydrogen (secondary N) is 1. The monoisotopic (exact) mass is 472 g/mol. The molecule has 1 aliphatic heterocycles. The topological polar surface area (TPSA) is 85.2 Å². The van der Waals surface area contributed by atoms with Crippen molar-refractivity contribution in [3.8, 4) is 5.75 Å². The predicted molar refractivity (Wildman–Crippen MR) is 126 cm³/mol. The van der Waals surface area contributed by atoms with Gasteiger partial charge in [0.15, 0.2) is 0 Å². The summed E-state index contributed by atoms with van der Waals surface area (Å²) in [5.41, 5.74) is 1.19. The minimum absolute atomic E-state index is 0.0174. The Hall–Kier alpha value is -2.43. The molecule has 0 bridgehead atoms. The normalized spacial score (nSPS) is 15.4. The Morgan fingerprint density at radius 3 is 2.75 bits per heavy atom. The van der Waals surface area contributed by atoms with E-state index >= 15 is 0 Å². The van der Waals surface area contributed by atoms with Gasteiger partial charge in [0.2, 0.25) is 11.1 Å². The molecule has 1 amide bonds. The second kappa shape index (κ2) is 11.4. The van der Waals surface area contributed by atoms with Gasteiger partial charge < -0.3 is 10.1 Å². The van der Waals surface area contributed by atoms with Crippen LogP contribution in [0, 0.1) is 0 Å². The standard InChI is InChI=1S/C22H28N6O2S2/c1-30-18-9-7-17(8-10-18)20(27-11-3-2-4-12-27)14-23-21(29)16-32-22-24-25-26-28(22)15-19-6-5-13-31-19/h5-10,13,20H,2-4,11-12,14-16H2,1H3,(H,23,29). The fourth-order valence-corrected chi connectivity index (χ4v) is 5.25. The number of thioether (sulfide) groups is 1. The summed E-state index contributed by atoms with van der Waals surface area (Å²) in [6.07, 6.45) is 3.67. The van der Waals surface area contributed by atoms with Crippen molar-refractivity contribution in [2.24, 2.45) is 0 Å². The van der Waals surface area contributed by atoms with E-state index in [1.807, 2.05) is 29.6 Å². The Bertz CT molecular complexity index is 971. The van der Waals surface area contributed by atoms with E-state index in [1.165, 1.54) is 41.5 Å². The number of carbonyl (C=O) groups is 1. The van der Waals surface area contributed by atoms with E-state index in [0.717, 1.165) is 18.8 Å². The fraction of sp³-hybridized carbons (Fsp3) is 0.455. The van der Waals surface area contributed by atoms with E-state index < -0.39 is 0 Å². The SMILES string of the molecule is COc1ccc(C(CNC(=O)CSc2nnnn2Cc2cccs2)N2CCCCC2)cc1. The number of benzene rings is 1. The highest BCUT2D eigenvalue weighted by Crippen LogP contribution is 2.26. The lowest BCUT2D eigenvalue weighted by molar-refractivity contribution is -0.118. The molecule has 1 N–H and O–H groups in total. The van der Waals surface area contributed by atoms with E-state index in [9.17, 15) is 4.79 Å². The van der Waals surface area contributed by atoms with Gasteiger partial charge in [-0.1, -0.05) is 36.4 Å². The third kappa shape index (κ3) is 6.08. The summed E-state index contributed by atoms with van der Waals surface area (Å²) in [6, 6.07) is 12.4. The number of likely N-dealkylation sites (tertiary alicyclic amines) is 1. The van der Waals surface area contributed by atoms with Crippen LogP contribution in [0.1, 0.15) is 35.7 Å². The van der Waals surface area contributed by atoms with Crippen molar-refractivity contribution in [3.63, 3.8) is 0 Å². The number of nitrogens with zero attached hydrogens (tertiary/aromatic N) is 5. The average molecular weight is 473 g/mol. The van der Waals surface area contributed by atoms with Crippen LogP contribution in [0.25, 0.3) is 0 Å². The van der Waals surface area contributed by atoms with E-state index in [-0.39, 0.29) is 17.7 Å². The van der Waals surface area contributed by atoms with Gasteiger partial charge in [-0.2, -0.15) is 0 Å². The number of thiophene rings is 1. The first-order chi connectivity index (χ1) is 15.7.